The predicted octanol–water partition coefficient (Wildman–Crippen LogP) is 7.33. The number of hydrogen-bond donors (Lipinski definition) is 0. The number of benzene rings is 2. The Morgan fingerprint density at radius 1 is 0.538 bits per heavy atom. The largest absolute Gasteiger partial charge is 0.297 e. The summed E-state index contributed by atoms with van der Waals surface area (Å²) in [5.74, 6) is 0. The molecule has 9 heteroatoms. The van der Waals surface area contributed by atoms with Crippen LogP contribution in [-0.2, 0) is 28.6 Å². The molecule has 2 saturated heterocycles. The monoisotopic (exact) mass is 594 g/mol. The van der Waals surface area contributed by atoms with E-state index < -0.39 is 32.4 Å². The summed E-state index contributed by atoms with van der Waals surface area (Å²) in [6.45, 7) is 3.78. The van der Waals surface area contributed by atoms with Gasteiger partial charge in [0.25, 0.3) is 20.2 Å². The molecule has 1 saturated carbocycles. The van der Waals surface area contributed by atoms with Gasteiger partial charge in [0.2, 0.25) is 0 Å². The zero-order valence-corrected chi connectivity index (χ0v) is 25.5. The molecule has 216 valence electrons. The number of hydrogen-bond acceptors (Lipinski definition) is 7. The Kier molecular flexibility index (Phi) is 11.0. The van der Waals surface area contributed by atoms with Crippen LogP contribution in [0.3, 0.4) is 0 Å². The molecule has 2 aliphatic heterocycles. The lowest BCUT2D eigenvalue weighted by Crippen LogP contribution is -2.25. The lowest BCUT2D eigenvalue weighted by molar-refractivity contribution is 0.128. The molecule has 3 fully saturated rings. The third-order valence-corrected chi connectivity index (χ3v) is 12.2. The van der Waals surface area contributed by atoms with E-state index in [0.29, 0.717) is 38.5 Å². The third-order valence-electron chi connectivity index (χ3n) is 7.74. The quantitative estimate of drug-likeness (QED) is 0.324. The second-order valence-electron chi connectivity index (χ2n) is 11.1. The van der Waals surface area contributed by atoms with Gasteiger partial charge in [0.1, 0.15) is 0 Å². The van der Waals surface area contributed by atoms with Crippen LogP contribution < -0.4 is 0 Å². The van der Waals surface area contributed by atoms with Gasteiger partial charge in [-0.3, -0.25) is 8.37 Å². The second-order valence-corrected chi connectivity index (χ2v) is 15.8. The van der Waals surface area contributed by atoms with Gasteiger partial charge in [0.15, 0.2) is 0 Å². The molecule has 0 spiro atoms. The maximum Gasteiger partial charge on any atom is 0.297 e. The van der Waals surface area contributed by atoms with Crippen LogP contribution >= 0.6 is 11.8 Å². The Bertz CT molecular complexity index is 1140. The summed E-state index contributed by atoms with van der Waals surface area (Å²) in [6, 6.07) is 13.2. The van der Waals surface area contributed by atoms with Crippen LogP contribution in [0.1, 0.15) is 88.2 Å². The SMILES string of the molecule is C1CC2CCCC(C1)S2.Cc1ccc(S(=O)(=O)OC2CCCC(OS(=O)(=O)c3ccc(C)cc3)CCC2)cc1. The Labute approximate surface area is 239 Å². The van der Waals surface area contributed by atoms with Crippen molar-refractivity contribution < 1.29 is 25.2 Å². The van der Waals surface area contributed by atoms with Gasteiger partial charge in [-0.25, -0.2) is 0 Å². The molecule has 0 N–H and O–H groups in total. The maximum absolute atomic E-state index is 12.5. The first-order valence-corrected chi connectivity index (χ1v) is 18.0. The van der Waals surface area contributed by atoms with Gasteiger partial charge in [-0.05, 0) is 102 Å². The highest BCUT2D eigenvalue weighted by Crippen LogP contribution is 2.41. The summed E-state index contributed by atoms with van der Waals surface area (Å²) in [7, 11) is -7.63. The number of aryl methyl sites for hydroxylation is 2. The second kappa shape index (κ2) is 14.0. The van der Waals surface area contributed by atoms with E-state index in [4.69, 9.17) is 8.37 Å². The average molecular weight is 595 g/mol. The molecule has 2 bridgehead atoms. The van der Waals surface area contributed by atoms with Crippen molar-refractivity contribution in [3.63, 3.8) is 0 Å². The molecule has 2 aromatic carbocycles. The van der Waals surface area contributed by atoms with Crippen molar-refractivity contribution in [3.8, 4) is 0 Å². The zero-order chi connectivity index (χ0) is 27.9. The summed E-state index contributed by atoms with van der Waals surface area (Å²) in [5, 5.41) is 2.13. The van der Waals surface area contributed by atoms with E-state index >= 15 is 0 Å². The molecule has 0 radical (unpaired) electrons. The van der Waals surface area contributed by atoms with E-state index in [1.165, 1.54) is 38.5 Å². The van der Waals surface area contributed by atoms with E-state index in [-0.39, 0.29) is 9.79 Å². The molecular weight excluding hydrogens is 553 g/mol. The normalized spacial score (nSPS) is 26.0. The average Bonchev–Trinajstić information content (AvgIpc) is 2.88. The van der Waals surface area contributed by atoms with Crippen LogP contribution in [0.25, 0.3) is 0 Å². The number of fused-ring (bicyclic) bond motifs is 2. The topological polar surface area (TPSA) is 86.7 Å². The minimum atomic E-state index is -3.81. The molecule has 39 heavy (non-hydrogen) atoms. The van der Waals surface area contributed by atoms with Gasteiger partial charge in [0.05, 0.1) is 22.0 Å². The Hall–Kier alpha value is -1.39. The zero-order valence-electron chi connectivity index (χ0n) is 23.1. The highest BCUT2D eigenvalue weighted by atomic mass is 32.2. The van der Waals surface area contributed by atoms with Crippen LogP contribution in [0.5, 0.6) is 0 Å². The molecule has 0 atom stereocenters. The van der Waals surface area contributed by atoms with Crippen LogP contribution in [0.4, 0.5) is 0 Å². The predicted molar refractivity (Wildman–Crippen MR) is 157 cm³/mol. The van der Waals surface area contributed by atoms with Crippen molar-refractivity contribution >= 4 is 32.0 Å². The van der Waals surface area contributed by atoms with Crippen molar-refractivity contribution in [2.75, 3.05) is 0 Å². The van der Waals surface area contributed by atoms with Gasteiger partial charge in [-0.15, -0.1) is 0 Å². The van der Waals surface area contributed by atoms with Gasteiger partial charge in [-0.2, -0.15) is 28.6 Å². The van der Waals surface area contributed by atoms with Gasteiger partial charge >= 0.3 is 0 Å². The standard InChI is InChI=1S/C22H28O6S2.C8H14S/c1-17-9-13-21(14-10-17)29(23,24)27-19-5-3-7-20(8-4-6-19)28-30(25,26)22-15-11-18(2)12-16-22;1-3-7-5-2-6-8(4-1)9-7/h9-16,19-20H,3-8H2,1-2H3;7-8H,1-6H2. The van der Waals surface area contributed by atoms with Crippen LogP contribution in [0.15, 0.2) is 58.3 Å². The first-order valence-electron chi connectivity index (χ1n) is 14.3. The van der Waals surface area contributed by atoms with E-state index in [9.17, 15) is 16.8 Å². The Balaban J connectivity index is 0.000000327. The first kappa shape index (κ1) is 30.6. The smallest absolute Gasteiger partial charge is 0.263 e. The molecule has 2 aromatic rings. The molecule has 3 aliphatic rings. The fourth-order valence-corrected chi connectivity index (χ4v) is 9.50. The van der Waals surface area contributed by atoms with E-state index in [1.54, 1.807) is 48.5 Å². The summed E-state index contributed by atoms with van der Waals surface area (Å²) in [5.41, 5.74) is 1.96. The van der Waals surface area contributed by atoms with E-state index in [0.717, 1.165) is 21.6 Å². The van der Waals surface area contributed by atoms with Crippen LogP contribution in [0, 0.1) is 13.8 Å². The fourth-order valence-electron chi connectivity index (χ4n) is 5.49. The molecule has 0 unspecified atom stereocenters. The highest BCUT2D eigenvalue weighted by Gasteiger charge is 2.28. The van der Waals surface area contributed by atoms with Crippen molar-refractivity contribution in [2.24, 2.45) is 0 Å². The molecular formula is C30H42O6S3. The first-order chi connectivity index (χ1) is 18.6. The van der Waals surface area contributed by atoms with Crippen molar-refractivity contribution in [1.29, 1.82) is 0 Å². The third kappa shape index (κ3) is 9.32. The Morgan fingerprint density at radius 2 is 0.846 bits per heavy atom. The lowest BCUT2D eigenvalue weighted by atomic mass is 9.97. The van der Waals surface area contributed by atoms with Gasteiger partial charge in [-0.1, -0.05) is 48.2 Å². The van der Waals surface area contributed by atoms with E-state index in [1.807, 2.05) is 13.8 Å². The number of rotatable bonds is 6. The number of thioether (sulfide) groups is 1. The minimum absolute atomic E-state index is 0.153. The van der Waals surface area contributed by atoms with Crippen molar-refractivity contribution in [1.82, 2.24) is 0 Å². The molecule has 5 rings (SSSR count). The molecule has 0 aromatic heterocycles. The lowest BCUT2D eigenvalue weighted by Gasteiger charge is -2.33. The fraction of sp³-hybridized carbons (Fsp3) is 0.600. The van der Waals surface area contributed by atoms with Crippen molar-refractivity contribution in [3.05, 3.63) is 59.7 Å². The summed E-state index contributed by atoms with van der Waals surface area (Å²) in [6.07, 6.45) is 11.7. The molecule has 6 nitrogen and oxygen atoms in total. The molecule has 2 heterocycles. The molecule has 1 aliphatic carbocycles. The van der Waals surface area contributed by atoms with Crippen LogP contribution in [0.2, 0.25) is 0 Å². The van der Waals surface area contributed by atoms with Gasteiger partial charge in [0, 0.05) is 10.5 Å². The molecule has 0 amide bonds. The van der Waals surface area contributed by atoms with Gasteiger partial charge < -0.3 is 0 Å². The van der Waals surface area contributed by atoms with Crippen LogP contribution in [-0.4, -0.2) is 39.5 Å². The minimum Gasteiger partial charge on any atom is -0.263 e. The summed E-state index contributed by atoms with van der Waals surface area (Å²) >= 11 is 2.27. The summed E-state index contributed by atoms with van der Waals surface area (Å²) < 4.78 is 61.0. The Morgan fingerprint density at radius 3 is 1.15 bits per heavy atom. The van der Waals surface area contributed by atoms with E-state index in [2.05, 4.69) is 11.8 Å². The van der Waals surface area contributed by atoms with Crippen molar-refractivity contribution in [2.45, 2.75) is 123 Å². The summed E-state index contributed by atoms with van der Waals surface area (Å²) in [4.78, 5) is 0.307. The highest BCUT2D eigenvalue weighted by molar-refractivity contribution is 8.00. The maximum atomic E-state index is 12.5.